The third kappa shape index (κ3) is 4.10. The van der Waals surface area contributed by atoms with E-state index in [1.54, 1.807) is 18.5 Å². The molecule has 0 unspecified atom stereocenters. The number of nitrogens with zero attached hydrogens (tertiary/aromatic N) is 3. The van der Waals surface area contributed by atoms with Gasteiger partial charge in [0.15, 0.2) is 0 Å². The minimum absolute atomic E-state index is 0.273. The number of hydrogen-bond donors (Lipinski definition) is 2. The second kappa shape index (κ2) is 7.13. The van der Waals surface area contributed by atoms with Crippen molar-refractivity contribution in [2.45, 2.75) is 6.54 Å². The van der Waals surface area contributed by atoms with Gasteiger partial charge in [-0.3, -0.25) is 9.78 Å². The summed E-state index contributed by atoms with van der Waals surface area (Å²) in [5, 5.41) is 5.96. The van der Waals surface area contributed by atoms with Crippen molar-refractivity contribution < 1.29 is 4.79 Å². The molecular formula is C17H15N5O. The average Bonchev–Trinajstić information content (AvgIpc) is 2.62. The average molecular weight is 305 g/mol. The molecule has 0 atom stereocenters. The zero-order chi connectivity index (χ0) is 15.9. The largest absolute Gasteiger partial charge is 0.366 e. The van der Waals surface area contributed by atoms with Gasteiger partial charge in [-0.1, -0.05) is 18.2 Å². The number of anilines is 2. The first-order valence-electron chi connectivity index (χ1n) is 7.12. The van der Waals surface area contributed by atoms with Gasteiger partial charge < -0.3 is 10.6 Å². The maximum absolute atomic E-state index is 12.2. The zero-order valence-electron chi connectivity index (χ0n) is 12.3. The second-order valence-electron chi connectivity index (χ2n) is 4.82. The topological polar surface area (TPSA) is 79.8 Å². The van der Waals surface area contributed by atoms with Gasteiger partial charge in [-0.25, -0.2) is 9.97 Å². The lowest BCUT2D eigenvalue weighted by atomic mass is 10.2. The molecule has 0 aliphatic carbocycles. The van der Waals surface area contributed by atoms with E-state index in [2.05, 4.69) is 25.6 Å². The first-order chi connectivity index (χ1) is 11.3. The molecule has 2 N–H and O–H groups in total. The first kappa shape index (κ1) is 14.6. The van der Waals surface area contributed by atoms with Crippen LogP contribution in [0, 0.1) is 0 Å². The molecular weight excluding hydrogens is 290 g/mol. The van der Waals surface area contributed by atoms with Crippen molar-refractivity contribution in [2.24, 2.45) is 0 Å². The van der Waals surface area contributed by atoms with E-state index in [1.807, 2.05) is 42.5 Å². The molecule has 0 saturated carbocycles. The van der Waals surface area contributed by atoms with Crippen molar-refractivity contribution in [3.63, 3.8) is 0 Å². The highest BCUT2D eigenvalue weighted by molar-refractivity contribution is 6.03. The summed E-state index contributed by atoms with van der Waals surface area (Å²) in [7, 11) is 0. The van der Waals surface area contributed by atoms with Gasteiger partial charge in [0.05, 0.1) is 0 Å². The highest BCUT2D eigenvalue weighted by atomic mass is 16.1. The second-order valence-corrected chi connectivity index (χ2v) is 4.82. The standard InChI is InChI=1S/C17H15N5O/c23-17(22-14-4-2-1-3-5-14)15-10-16(21-12-20-15)19-11-13-6-8-18-9-7-13/h1-10,12H,11H2,(H,22,23)(H,19,20,21). The Kier molecular flexibility index (Phi) is 4.54. The highest BCUT2D eigenvalue weighted by Gasteiger charge is 2.09. The number of carbonyl (C=O) groups excluding carboxylic acids is 1. The van der Waals surface area contributed by atoms with Crippen LogP contribution in [0.3, 0.4) is 0 Å². The lowest BCUT2D eigenvalue weighted by Gasteiger charge is -2.07. The van der Waals surface area contributed by atoms with Crippen LogP contribution in [-0.4, -0.2) is 20.9 Å². The molecule has 1 aromatic carbocycles. The minimum Gasteiger partial charge on any atom is -0.366 e. The molecule has 3 aromatic rings. The SMILES string of the molecule is O=C(Nc1ccccc1)c1cc(NCc2ccncc2)ncn1. The molecule has 0 radical (unpaired) electrons. The third-order valence-corrected chi connectivity index (χ3v) is 3.15. The Morgan fingerprint density at radius 3 is 2.57 bits per heavy atom. The van der Waals surface area contributed by atoms with Crippen LogP contribution >= 0.6 is 0 Å². The summed E-state index contributed by atoms with van der Waals surface area (Å²) in [6.45, 7) is 0.597. The van der Waals surface area contributed by atoms with Gasteiger partial charge in [0, 0.05) is 30.7 Å². The molecule has 0 aliphatic rings. The van der Waals surface area contributed by atoms with E-state index in [9.17, 15) is 4.79 Å². The number of pyridine rings is 1. The van der Waals surface area contributed by atoms with Crippen LogP contribution in [0.15, 0.2) is 67.3 Å². The van der Waals surface area contributed by atoms with E-state index >= 15 is 0 Å². The fourth-order valence-corrected chi connectivity index (χ4v) is 1.99. The number of amides is 1. The fraction of sp³-hybridized carbons (Fsp3) is 0.0588. The predicted molar refractivity (Wildman–Crippen MR) is 88.0 cm³/mol. The molecule has 2 heterocycles. The van der Waals surface area contributed by atoms with Crippen LogP contribution in [0.4, 0.5) is 11.5 Å². The molecule has 6 nitrogen and oxygen atoms in total. The number of benzene rings is 1. The lowest BCUT2D eigenvalue weighted by Crippen LogP contribution is -2.14. The molecule has 0 spiro atoms. The summed E-state index contributed by atoms with van der Waals surface area (Å²) < 4.78 is 0. The van der Waals surface area contributed by atoms with Gasteiger partial charge in [0.2, 0.25) is 0 Å². The van der Waals surface area contributed by atoms with Gasteiger partial charge >= 0.3 is 0 Å². The molecule has 2 aromatic heterocycles. The summed E-state index contributed by atoms with van der Waals surface area (Å²) in [6.07, 6.45) is 4.83. The molecule has 3 rings (SSSR count). The van der Waals surface area contributed by atoms with E-state index in [0.29, 0.717) is 18.1 Å². The van der Waals surface area contributed by atoms with Crippen LogP contribution in [0.1, 0.15) is 16.1 Å². The van der Waals surface area contributed by atoms with E-state index in [0.717, 1.165) is 11.3 Å². The Morgan fingerprint density at radius 2 is 1.78 bits per heavy atom. The monoisotopic (exact) mass is 305 g/mol. The fourth-order valence-electron chi connectivity index (χ4n) is 1.99. The lowest BCUT2D eigenvalue weighted by molar-refractivity contribution is 0.102. The molecule has 0 saturated heterocycles. The van der Waals surface area contributed by atoms with Crippen molar-refractivity contribution in [3.05, 3.63) is 78.5 Å². The zero-order valence-corrected chi connectivity index (χ0v) is 12.3. The van der Waals surface area contributed by atoms with Gasteiger partial charge in [-0.2, -0.15) is 0 Å². The number of carbonyl (C=O) groups is 1. The van der Waals surface area contributed by atoms with Crippen LogP contribution in [0.5, 0.6) is 0 Å². The minimum atomic E-state index is -0.273. The predicted octanol–water partition coefficient (Wildman–Crippen LogP) is 2.74. The van der Waals surface area contributed by atoms with Gasteiger partial charge in [-0.15, -0.1) is 0 Å². The summed E-state index contributed by atoms with van der Waals surface area (Å²) in [5.74, 6) is 0.320. The molecule has 6 heteroatoms. The molecule has 114 valence electrons. The Balaban J connectivity index is 1.66. The van der Waals surface area contributed by atoms with Crippen molar-refractivity contribution in [1.82, 2.24) is 15.0 Å². The Bertz CT molecular complexity index is 777. The van der Waals surface area contributed by atoms with Gasteiger partial charge in [-0.05, 0) is 29.8 Å². The highest BCUT2D eigenvalue weighted by Crippen LogP contribution is 2.10. The Morgan fingerprint density at radius 1 is 1.00 bits per heavy atom. The molecule has 1 amide bonds. The van der Waals surface area contributed by atoms with E-state index < -0.39 is 0 Å². The smallest absolute Gasteiger partial charge is 0.274 e. The van der Waals surface area contributed by atoms with Crippen molar-refractivity contribution in [3.8, 4) is 0 Å². The quantitative estimate of drug-likeness (QED) is 0.757. The number of hydrogen-bond acceptors (Lipinski definition) is 5. The normalized spacial score (nSPS) is 10.1. The molecule has 23 heavy (non-hydrogen) atoms. The summed E-state index contributed by atoms with van der Waals surface area (Å²) in [4.78, 5) is 24.3. The van der Waals surface area contributed by atoms with Crippen LogP contribution in [0.25, 0.3) is 0 Å². The molecule has 0 fully saturated rings. The number of nitrogens with one attached hydrogen (secondary N) is 2. The van der Waals surface area contributed by atoms with E-state index in [4.69, 9.17) is 0 Å². The van der Waals surface area contributed by atoms with E-state index in [-0.39, 0.29) is 5.91 Å². The number of para-hydroxylation sites is 1. The maximum Gasteiger partial charge on any atom is 0.274 e. The maximum atomic E-state index is 12.2. The third-order valence-electron chi connectivity index (χ3n) is 3.15. The molecule has 0 aliphatic heterocycles. The molecule has 0 bridgehead atoms. The van der Waals surface area contributed by atoms with Crippen molar-refractivity contribution in [1.29, 1.82) is 0 Å². The first-order valence-corrected chi connectivity index (χ1v) is 7.12. The summed E-state index contributed by atoms with van der Waals surface area (Å²) >= 11 is 0. The summed E-state index contributed by atoms with van der Waals surface area (Å²) in [6, 6.07) is 14.7. The number of aromatic nitrogens is 3. The Hall–Kier alpha value is -3.28. The van der Waals surface area contributed by atoms with Crippen molar-refractivity contribution >= 4 is 17.4 Å². The summed E-state index contributed by atoms with van der Waals surface area (Å²) in [5.41, 5.74) is 2.11. The van der Waals surface area contributed by atoms with E-state index in [1.165, 1.54) is 6.33 Å². The van der Waals surface area contributed by atoms with Gasteiger partial charge in [0.1, 0.15) is 17.8 Å². The van der Waals surface area contributed by atoms with Crippen LogP contribution in [-0.2, 0) is 6.54 Å². The van der Waals surface area contributed by atoms with Crippen LogP contribution < -0.4 is 10.6 Å². The number of rotatable bonds is 5. The van der Waals surface area contributed by atoms with Crippen molar-refractivity contribution in [2.75, 3.05) is 10.6 Å². The van der Waals surface area contributed by atoms with Gasteiger partial charge in [0.25, 0.3) is 5.91 Å². The Labute approximate surface area is 133 Å². The van der Waals surface area contributed by atoms with Crippen LogP contribution in [0.2, 0.25) is 0 Å².